The molecule has 0 radical (unpaired) electrons. The molecule has 0 bridgehead atoms. The van der Waals surface area contributed by atoms with Crippen LogP contribution in [0.15, 0.2) is 0 Å². The number of hydrogen-bond acceptors (Lipinski definition) is 3. The molecule has 0 rings (SSSR count). The molecule has 0 aliphatic rings. The van der Waals surface area contributed by atoms with Crippen molar-refractivity contribution < 1.29 is 18.0 Å². The van der Waals surface area contributed by atoms with Gasteiger partial charge in [0.05, 0.1) is 6.54 Å². The van der Waals surface area contributed by atoms with Crippen molar-refractivity contribution in [3.05, 3.63) is 0 Å². The highest BCUT2D eigenvalue weighted by atomic mass is 19.4. The van der Waals surface area contributed by atoms with E-state index in [-0.39, 0.29) is 18.9 Å². The second kappa shape index (κ2) is 5.82. The minimum Gasteiger partial charge on any atom is -0.298 e. The van der Waals surface area contributed by atoms with Crippen LogP contribution in [0.4, 0.5) is 13.2 Å². The lowest BCUT2D eigenvalue weighted by atomic mass is 10.3. The summed E-state index contributed by atoms with van der Waals surface area (Å²) in [4.78, 5) is 11.7. The number of carbonyl (C=O) groups excluding carboxylic acids is 1. The number of hydrazine groups is 1. The van der Waals surface area contributed by atoms with Gasteiger partial charge in [-0.2, -0.15) is 13.2 Å². The van der Waals surface area contributed by atoms with E-state index >= 15 is 0 Å². The van der Waals surface area contributed by atoms with Crippen molar-refractivity contribution in [2.75, 3.05) is 20.1 Å². The SMILES string of the molecule is CN(CCCC(=O)NN)CC(F)(F)F. The summed E-state index contributed by atoms with van der Waals surface area (Å²) in [6.45, 7) is -0.746. The fourth-order valence-corrected chi connectivity index (χ4v) is 0.967. The van der Waals surface area contributed by atoms with E-state index in [2.05, 4.69) is 0 Å². The summed E-state index contributed by atoms with van der Waals surface area (Å²) in [7, 11) is 1.36. The van der Waals surface area contributed by atoms with Gasteiger partial charge in [0.1, 0.15) is 0 Å². The third-order valence-corrected chi connectivity index (χ3v) is 1.55. The van der Waals surface area contributed by atoms with Gasteiger partial charge in [-0.1, -0.05) is 0 Å². The van der Waals surface area contributed by atoms with Gasteiger partial charge in [-0.05, 0) is 20.0 Å². The monoisotopic (exact) mass is 213 g/mol. The Morgan fingerprint density at radius 2 is 2.07 bits per heavy atom. The molecule has 1 amide bonds. The van der Waals surface area contributed by atoms with Crippen molar-refractivity contribution in [1.29, 1.82) is 0 Å². The predicted octanol–water partition coefficient (Wildman–Crippen LogP) is 0.251. The standard InChI is InChI=1S/C7H14F3N3O/c1-13(5-7(8,9)10)4-2-3-6(14)12-11/h2-5,11H2,1H3,(H,12,14). The minimum absolute atomic E-state index is 0.138. The van der Waals surface area contributed by atoms with Crippen LogP contribution in [0.1, 0.15) is 12.8 Å². The highest BCUT2D eigenvalue weighted by molar-refractivity contribution is 5.75. The molecule has 7 heteroatoms. The Hall–Kier alpha value is -0.820. The fraction of sp³-hybridized carbons (Fsp3) is 0.857. The van der Waals surface area contributed by atoms with Crippen LogP contribution in [0, 0.1) is 0 Å². The third-order valence-electron chi connectivity index (χ3n) is 1.55. The molecule has 0 unspecified atom stereocenters. The van der Waals surface area contributed by atoms with Gasteiger partial charge in [-0.3, -0.25) is 15.1 Å². The summed E-state index contributed by atoms with van der Waals surface area (Å²) < 4.78 is 35.5. The van der Waals surface area contributed by atoms with Gasteiger partial charge >= 0.3 is 6.18 Å². The highest BCUT2D eigenvalue weighted by Crippen LogP contribution is 2.15. The molecule has 0 spiro atoms. The van der Waals surface area contributed by atoms with E-state index in [1.807, 2.05) is 5.43 Å². The smallest absolute Gasteiger partial charge is 0.298 e. The maximum Gasteiger partial charge on any atom is 0.401 e. The summed E-state index contributed by atoms with van der Waals surface area (Å²) in [5.74, 6) is 4.43. The number of carbonyl (C=O) groups is 1. The Bertz CT molecular complexity index is 184. The van der Waals surface area contributed by atoms with Gasteiger partial charge in [-0.25, -0.2) is 5.84 Å². The maximum atomic E-state index is 11.8. The van der Waals surface area contributed by atoms with Gasteiger partial charge in [0.25, 0.3) is 0 Å². The van der Waals surface area contributed by atoms with Crippen molar-refractivity contribution in [2.24, 2.45) is 5.84 Å². The molecule has 0 aliphatic carbocycles. The number of halogens is 3. The van der Waals surface area contributed by atoms with Gasteiger partial charge in [0.15, 0.2) is 0 Å². The van der Waals surface area contributed by atoms with Crippen molar-refractivity contribution in [3.63, 3.8) is 0 Å². The summed E-state index contributed by atoms with van der Waals surface area (Å²) >= 11 is 0. The van der Waals surface area contributed by atoms with Crippen LogP contribution in [-0.4, -0.2) is 37.1 Å². The molecule has 84 valence electrons. The number of alkyl halides is 3. The average molecular weight is 213 g/mol. The van der Waals surface area contributed by atoms with Crippen LogP contribution >= 0.6 is 0 Å². The van der Waals surface area contributed by atoms with Gasteiger partial charge in [0, 0.05) is 6.42 Å². The number of nitrogens with one attached hydrogen (secondary N) is 1. The lowest BCUT2D eigenvalue weighted by molar-refractivity contribution is -0.143. The Labute approximate surface area is 80.2 Å². The first-order valence-electron chi connectivity index (χ1n) is 4.10. The first-order valence-corrected chi connectivity index (χ1v) is 4.10. The largest absolute Gasteiger partial charge is 0.401 e. The van der Waals surface area contributed by atoms with Crippen LogP contribution in [0.25, 0.3) is 0 Å². The molecule has 0 saturated carbocycles. The van der Waals surface area contributed by atoms with E-state index < -0.39 is 12.7 Å². The number of rotatable bonds is 5. The number of nitrogens with two attached hydrogens (primary N) is 1. The second-order valence-corrected chi connectivity index (χ2v) is 3.02. The summed E-state index contributed by atoms with van der Waals surface area (Å²) in [6.07, 6.45) is -3.70. The van der Waals surface area contributed by atoms with Crippen LogP contribution in [0.2, 0.25) is 0 Å². The predicted molar refractivity (Wildman–Crippen MR) is 45.1 cm³/mol. The molecule has 14 heavy (non-hydrogen) atoms. The zero-order valence-corrected chi connectivity index (χ0v) is 7.90. The quantitative estimate of drug-likeness (QED) is 0.391. The average Bonchev–Trinajstić information content (AvgIpc) is 2.00. The first kappa shape index (κ1) is 13.2. The van der Waals surface area contributed by atoms with Crippen LogP contribution in [0.5, 0.6) is 0 Å². The third kappa shape index (κ3) is 7.81. The summed E-state index contributed by atoms with van der Waals surface area (Å²) in [6, 6.07) is 0. The lowest BCUT2D eigenvalue weighted by Gasteiger charge is -2.17. The lowest BCUT2D eigenvalue weighted by Crippen LogP contribution is -2.33. The molecule has 0 heterocycles. The Morgan fingerprint density at radius 1 is 1.50 bits per heavy atom. The van der Waals surface area contributed by atoms with Gasteiger partial charge in [0.2, 0.25) is 5.91 Å². The maximum absolute atomic E-state index is 11.8. The minimum atomic E-state index is -4.19. The molecule has 0 aromatic carbocycles. The van der Waals surface area contributed by atoms with E-state index in [1.54, 1.807) is 0 Å². The normalized spacial score (nSPS) is 11.9. The molecule has 0 aromatic rings. The molecule has 3 N–H and O–H groups in total. The van der Waals surface area contributed by atoms with E-state index in [0.29, 0.717) is 6.42 Å². The number of hydrogen-bond donors (Lipinski definition) is 2. The molecule has 4 nitrogen and oxygen atoms in total. The highest BCUT2D eigenvalue weighted by Gasteiger charge is 2.28. The van der Waals surface area contributed by atoms with E-state index in [9.17, 15) is 18.0 Å². The number of amides is 1. The second-order valence-electron chi connectivity index (χ2n) is 3.02. The molecule has 0 aliphatic heterocycles. The van der Waals surface area contributed by atoms with Crippen molar-refractivity contribution in [1.82, 2.24) is 10.3 Å². The summed E-state index contributed by atoms with van der Waals surface area (Å²) in [5, 5.41) is 0. The fourth-order valence-electron chi connectivity index (χ4n) is 0.967. The number of nitrogens with zero attached hydrogens (tertiary/aromatic N) is 1. The first-order chi connectivity index (χ1) is 6.35. The molecule has 0 fully saturated rings. The van der Waals surface area contributed by atoms with E-state index in [0.717, 1.165) is 4.90 Å². The Balaban J connectivity index is 3.54. The van der Waals surface area contributed by atoms with Crippen LogP contribution < -0.4 is 11.3 Å². The van der Waals surface area contributed by atoms with Crippen LogP contribution in [0.3, 0.4) is 0 Å². The zero-order chi connectivity index (χ0) is 11.2. The van der Waals surface area contributed by atoms with Crippen molar-refractivity contribution >= 4 is 5.91 Å². The van der Waals surface area contributed by atoms with Gasteiger partial charge < -0.3 is 0 Å². The zero-order valence-electron chi connectivity index (χ0n) is 7.90. The molecular weight excluding hydrogens is 199 g/mol. The van der Waals surface area contributed by atoms with Crippen LogP contribution in [-0.2, 0) is 4.79 Å². The Kier molecular flexibility index (Phi) is 5.47. The molecule has 0 atom stereocenters. The van der Waals surface area contributed by atoms with Gasteiger partial charge in [-0.15, -0.1) is 0 Å². The Morgan fingerprint density at radius 3 is 2.50 bits per heavy atom. The topological polar surface area (TPSA) is 58.4 Å². The molecular formula is C7H14F3N3O. The van der Waals surface area contributed by atoms with E-state index in [4.69, 9.17) is 5.84 Å². The van der Waals surface area contributed by atoms with Crippen molar-refractivity contribution in [2.45, 2.75) is 19.0 Å². The molecule has 0 aromatic heterocycles. The van der Waals surface area contributed by atoms with E-state index in [1.165, 1.54) is 7.05 Å². The van der Waals surface area contributed by atoms with Crippen molar-refractivity contribution in [3.8, 4) is 0 Å². The summed E-state index contributed by atoms with van der Waals surface area (Å²) in [5.41, 5.74) is 1.91. The molecule has 0 saturated heterocycles.